The molecule has 1 aliphatic carbocycles. The van der Waals surface area contributed by atoms with Gasteiger partial charge in [-0.25, -0.2) is 4.98 Å². The molecule has 1 aromatic heterocycles. The maximum Gasteiger partial charge on any atom is 0.230 e. The Balaban J connectivity index is 1.30. The van der Waals surface area contributed by atoms with Gasteiger partial charge in [0.15, 0.2) is 0 Å². The van der Waals surface area contributed by atoms with E-state index in [2.05, 4.69) is 47.2 Å². The molecule has 5 rings (SSSR count). The number of methoxy groups -OCH3 is 1. The van der Waals surface area contributed by atoms with Crippen LogP contribution in [0.5, 0.6) is 0 Å². The molecule has 0 N–H and O–H groups in total. The van der Waals surface area contributed by atoms with E-state index in [1.165, 1.54) is 17.5 Å². The minimum absolute atomic E-state index is 0.00536. The lowest BCUT2D eigenvalue weighted by Crippen LogP contribution is -2.45. The van der Waals surface area contributed by atoms with E-state index in [9.17, 15) is 4.79 Å². The van der Waals surface area contributed by atoms with Crippen molar-refractivity contribution in [1.29, 1.82) is 0 Å². The van der Waals surface area contributed by atoms with E-state index < -0.39 is 0 Å². The molecular formula is C27H36N4O2. The van der Waals surface area contributed by atoms with Gasteiger partial charge in [-0.05, 0) is 74.9 Å². The lowest BCUT2D eigenvalue weighted by Gasteiger charge is -2.41. The SMILES string of the molecule is COC1(c2ccc(N3CCCC(Cc4cccnc4N4CCN(C)CC4)C3=O)cc2)CCC1. The summed E-state index contributed by atoms with van der Waals surface area (Å²) in [6.07, 6.45) is 7.98. The highest BCUT2D eigenvalue weighted by atomic mass is 16.5. The first-order valence-corrected chi connectivity index (χ1v) is 12.4. The van der Waals surface area contributed by atoms with Crippen molar-refractivity contribution in [3.05, 3.63) is 53.7 Å². The van der Waals surface area contributed by atoms with Gasteiger partial charge in [0.05, 0.1) is 5.60 Å². The smallest absolute Gasteiger partial charge is 0.230 e. The minimum atomic E-state index is -0.118. The molecule has 0 radical (unpaired) electrons. The monoisotopic (exact) mass is 448 g/mol. The summed E-state index contributed by atoms with van der Waals surface area (Å²) >= 11 is 0. The third kappa shape index (κ3) is 4.38. The quantitative estimate of drug-likeness (QED) is 0.672. The predicted octanol–water partition coefficient (Wildman–Crippen LogP) is 3.84. The number of carbonyl (C=O) groups is 1. The lowest BCUT2D eigenvalue weighted by atomic mass is 9.75. The van der Waals surface area contributed by atoms with Crippen LogP contribution in [0, 0.1) is 5.92 Å². The molecule has 1 amide bonds. The van der Waals surface area contributed by atoms with E-state index in [0.29, 0.717) is 0 Å². The van der Waals surface area contributed by atoms with Gasteiger partial charge in [0.2, 0.25) is 5.91 Å². The highest BCUT2D eigenvalue weighted by molar-refractivity contribution is 5.96. The number of pyridine rings is 1. The van der Waals surface area contributed by atoms with Crippen LogP contribution in [0.4, 0.5) is 11.5 Å². The van der Waals surface area contributed by atoms with Crippen LogP contribution >= 0.6 is 0 Å². The summed E-state index contributed by atoms with van der Waals surface area (Å²) in [6.45, 7) is 4.86. The molecule has 2 aliphatic heterocycles. The fourth-order valence-corrected chi connectivity index (χ4v) is 5.61. The second kappa shape index (κ2) is 9.43. The molecule has 3 fully saturated rings. The Hall–Kier alpha value is -2.44. The number of likely N-dealkylation sites (N-methyl/N-ethyl adjacent to an activating group) is 1. The zero-order valence-electron chi connectivity index (χ0n) is 20.0. The maximum absolute atomic E-state index is 13.5. The Bertz CT molecular complexity index is 959. The van der Waals surface area contributed by atoms with Crippen LogP contribution in [0.15, 0.2) is 42.6 Å². The van der Waals surface area contributed by atoms with Gasteiger partial charge in [-0.2, -0.15) is 0 Å². The number of amides is 1. The van der Waals surface area contributed by atoms with Gasteiger partial charge in [0.25, 0.3) is 0 Å². The molecule has 1 saturated carbocycles. The number of piperazine rings is 1. The van der Waals surface area contributed by atoms with Crippen LogP contribution in [0.1, 0.15) is 43.2 Å². The van der Waals surface area contributed by atoms with Gasteiger partial charge in [-0.1, -0.05) is 18.2 Å². The number of rotatable bonds is 6. The topological polar surface area (TPSA) is 48.9 Å². The predicted molar refractivity (Wildman–Crippen MR) is 132 cm³/mol. The fraction of sp³-hybridized carbons (Fsp3) is 0.556. The van der Waals surface area contributed by atoms with Gasteiger partial charge in [-0.15, -0.1) is 0 Å². The van der Waals surface area contributed by atoms with Gasteiger partial charge < -0.3 is 19.4 Å². The number of nitrogens with zero attached hydrogens (tertiary/aromatic N) is 4. The van der Waals surface area contributed by atoms with E-state index in [0.717, 1.165) is 76.3 Å². The number of piperidine rings is 1. The molecule has 33 heavy (non-hydrogen) atoms. The van der Waals surface area contributed by atoms with Crippen molar-refractivity contribution in [2.75, 3.05) is 56.7 Å². The van der Waals surface area contributed by atoms with Crippen molar-refractivity contribution in [2.45, 2.75) is 44.1 Å². The molecule has 0 spiro atoms. The zero-order valence-corrected chi connectivity index (χ0v) is 20.0. The van der Waals surface area contributed by atoms with Crippen molar-refractivity contribution in [3.63, 3.8) is 0 Å². The van der Waals surface area contributed by atoms with E-state index in [-0.39, 0.29) is 17.4 Å². The third-order valence-electron chi connectivity index (χ3n) is 7.94. The first kappa shape index (κ1) is 22.4. The fourth-order valence-electron chi connectivity index (χ4n) is 5.61. The lowest BCUT2D eigenvalue weighted by molar-refractivity contribution is -0.123. The van der Waals surface area contributed by atoms with Crippen LogP contribution in [0.3, 0.4) is 0 Å². The molecule has 1 atom stereocenters. The van der Waals surface area contributed by atoms with Crippen LogP contribution in [-0.2, 0) is 21.6 Å². The minimum Gasteiger partial charge on any atom is -0.374 e. The normalized spacial score (nSPS) is 23.5. The van der Waals surface area contributed by atoms with E-state index in [4.69, 9.17) is 9.72 Å². The Morgan fingerprint density at radius 1 is 1.03 bits per heavy atom. The molecule has 1 unspecified atom stereocenters. The van der Waals surface area contributed by atoms with Crippen molar-refractivity contribution in [3.8, 4) is 0 Å². The Morgan fingerprint density at radius 3 is 2.45 bits per heavy atom. The molecular weight excluding hydrogens is 412 g/mol. The van der Waals surface area contributed by atoms with E-state index >= 15 is 0 Å². The summed E-state index contributed by atoms with van der Waals surface area (Å²) in [5.74, 6) is 1.31. The average molecular weight is 449 g/mol. The number of aromatic nitrogens is 1. The van der Waals surface area contributed by atoms with Crippen molar-refractivity contribution < 1.29 is 9.53 Å². The zero-order chi connectivity index (χ0) is 22.8. The average Bonchev–Trinajstić information content (AvgIpc) is 2.82. The standard InChI is InChI=1S/C27H36N4O2/c1-29-16-18-30(19-17-29)25-21(6-3-14-28-25)20-22-7-4-15-31(26(22)32)24-10-8-23(9-11-24)27(33-2)12-5-13-27/h3,6,8-11,14,22H,4-5,7,12-13,15-20H2,1-2H3. The molecule has 2 saturated heterocycles. The number of hydrogen-bond acceptors (Lipinski definition) is 5. The number of hydrogen-bond donors (Lipinski definition) is 0. The summed E-state index contributed by atoms with van der Waals surface area (Å²) < 4.78 is 5.82. The summed E-state index contributed by atoms with van der Waals surface area (Å²) in [7, 11) is 3.97. The molecule has 6 nitrogen and oxygen atoms in total. The first-order chi connectivity index (χ1) is 16.1. The molecule has 3 heterocycles. The van der Waals surface area contributed by atoms with Crippen LogP contribution in [0.2, 0.25) is 0 Å². The van der Waals surface area contributed by atoms with Crippen molar-refractivity contribution >= 4 is 17.4 Å². The second-order valence-electron chi connectivity index (χ2n) is 9.91. The summed E-state index contributed by atoms with van der Waals surface area (Å²) in [6, 6.07) is 12.7. The number of carbonyl (C=O) groups excluding carboxylic acids is 1. The Kier molecular flexibility index (Phi) is 6.39. The van der Waals surface area contributed by atoms with Gasteiger partial charge in [0.1, 0.15) is 5.82 Å². The van der Waals surface area contributed by atoms with Gasteiger partial charge >= 0.3 is 0 Å². The highest BCUT2D eigenvalue weighted by Gasteiger charge is 2.39. The molecule has 3 aliphatic rings. The molecule has 176 valence electrons. The van der Waals surface area contributed by atoms with Crippen LogP contribution in [-0.4, -0.2) is 62.7 Å². The summed E-state index contributed by atoms with van der Waals surface area (Å²) in [4.78, 5) is 25.0. The van der Waals surface area contributed by atoms with Crippen LogP contribution < -0.4 is 9.80 Å². The molecule has 2 aromatic rings. The first-order valence-electron chi connectivity index (χ1n) is 12.4. The van der Waals surface area contributed by atoms with E-state index in [1.807, 2.05) is 17.2 Å². The number of anilines is 2. The van der Waals surface area contributed by atoms with E-state index in [1.54, 1.807) is 7.11 Å². The largest absolute Gasteiger partial charge is 0.374 e. The Labute approximate surface area is 197 Å². The summed E-state index contributed by atoms with van der Waals surface area (Å²) in [5.41, 5.74) is 3.31. The maximum atomic E-state index is 13.5. The highest BCUT2D eigenvalue weighted by Crippen LogP contribution is 2.44. The van der Waals surface area contributed by atoms with Crippen molar-refractivity contribution in [1.82, 2.24) is 9.88 Å². The second-order valence-corrected chi connectivity index (χ2v) is 9.91. The van der Waals surface area contributed by atoms with Gasteiger partial charge in [0, 0.05) is 57.6 Å². The molecule has 1 aromatic carbocycles. The van der Waals surface area contributed by atoms with Crippen LogP contribution in [0.25, 0.3) is 0 Å². The van der Waals surface area contributed by atoms with Crippen molar-refractivity contribution in [2.24, 2.45) is 5.92 Å². The van der Waals surface area contributed by atoms with Gasteiger partial charge in [-0.3, -0.25) is 4.79 Å². The molecule has 6 heteroatoms. The molecule has 0 bridgehead atoms. The number of benzene rings is 1. The summed E-state index contributed by atoms with van der Waals surface area (Å²) in [5, 5.41) is 0. The Morgan fingerprint density at radius 2 is 1.79 bits per heavy atom. The number of ether oxygens (including phenoxy) is 1. The third-order valence-corrected chi connectivity index (χ3v) is 7.94.